The number of fused-ring (bicyclic) bond motifs is 1. The number of aromatic nitrogens is 1. The molecule has 0 aliphatic heterocycles. The number of benzene rings is 3. The van der Waals surface area contributed by atoms with Gasteiger partial charge in [-0.15, -0.1) is 11.3 Å². The number of hydrogen-bond acceptors (Lipinski definition) is 4. The van der Waals surface area contributed by atoms with Crippen LogP contribution < -0.4 is 10.1 Å². The Morgan fingerprint density at radius 1 is 1.04 bits per heavy atom. The average molecular weight is 388 g/mol. The van der Waals surface area contributed by atoms with E-state index in [0.717, 1.165) is 28.5 Å². The molecular formula is C23H20N2O2S. The summed E-state index contributed by atoms with van der Waals surface area (Å²) in [6.45, 7) is 2.07. The van der Waals surface area contributed by atoms with Gasteiger partial charge in [0.15, 0.2) is 11.7 Å². The fraction of sp³-hybridized carbons (Fsp3) is 0.130. The van der Waals surface area contributed by atoms with Gasteiger partial charge in [0.05, 0.1) is 5.69 Å². The van der Waals surface area contributed by atoms with Crippen molar-refractivity contribution in [3.63, 3.8) is 0 Å². The third-order valence-electron chi connectivity index (χ3n) is 4.50. The molecule has 4 rings (SSSR count). The van der Waals surface area contributed by atoms with Crippen LogP contribution in [0.3, 0.4) is 0 Å². The van der Waals surface area contributed by atoms with Gasteiger partial charge in [0.2, 0.25) is 0 Å². The van der Waals surface area contributed by atoms with Crippen LogP contribution in [0.4, 0.5) is 5.13 Å². The standard InChI is InChI=1S/C23H20N2O2S/c1-2-16-7-9-18(10-8-16)21-15-28-23(24-21)25-22(26)14-27-20-12-11-17-5-3-4-6-19(17)13-20/h3-13,15H,2,14H2,1H3,(H,24,25,26). The second-order valence-corrected chi connectivity index (χ2v) is 7.29. The van der Waals surface area contributed by atoms with Crippen LogP contribution >= 0.6 is 11.3 Å². The first-order valence-corrected chi connectivity index (χ1v) is 10.1. The van der Waals surface area contributed by atoms with Crippen LogP contribution in [0.2, 0.25) is 0 Å². The number of carbonyl (C=O) groups is 1. The van der Waals surface area contributed by atoms with Gasteiger partial charge in [-0.05, 0) is 34.9 Å². The molecule has 0 bridgehead atoms. The molecule has 0 spiro atoms. The molecule has 0 saturated carbocycles. The zero-order valence-corrected chi connectivity index (χ0v) is 16.3. The van der Waals surface area contributed by atoms with Crippen molar-refractivity contribution >= 4 is 33.1 Å². The van der Waals surface area contributed by atoms with Crippen LogP contribution in [0.25, 0.3) is 22.0 Å². The van der Waals surface area contributed by atoms with E-state index in [4.69, 9.17) is 4.74 Å². The predicted molar refractivity (Wildman–Crippen MR) is 115 cm³/mol. The highest BCUT2D eigenvalue weighted by Crippen LogP contribution is 2.25. The fourth-order valence-electron chi connectivity index (χ4n) is 2.94. The van der Waals surface area contributed by atoms with Gasteiger partial charge < -0.3 is 4.74 Å². The van der Waals surface area contributed by atoms with Crippen molar-refractivity contribution < 1.29 is 9.53 Å². The van der Waals surface area contributed by atoms with E-state index in [2.05, 4.69) is 41.5 Å². The maximum atomic E-state index is 12.2. The van der Waals surface area contributed by atoms with Crippen LogP contribution in [0.1, 0.15) is 12.5 Å². The Labute approximate surface area is 167 Å². The molecular weight excluding hydrogens is 368 g/mol. The Hall–Kier alpha value is -3.18. The summed E-state index contributed by atoms with van der Waals surface area (Å²) in [5.41, 5.74) is 3.19. The third kappa shape index (κ3) is 4.21. The maximum Gasteiger partial charge on any atom is 0.264 e. The number of amides is 1. The monoisotopic (exact) mass is 388 g/mol. The topological polar surface area (TPSA) is 51.2 Å². The van der Waals surface area contributed by atoms with Crippen LogP contribution in [-0.4, -0.2) is 17.5 Å². The van der Waals surface area contributed by atoms with Gasteiger partial charge in [-0.2, -0.15) is 0 Å². The zero-order valence-electron chi connectivity index (χ0n) is 15.5. The molecule has 1 heterocycles. The molecule has 4 aromatic rings. The summed E-state index contributed by atoms with van der Waals surface area (Å²) >= 11 is 1.41. The van der Waals surface area contributed by atoms with Crippen molar-refractivity contribution in [3.8, 4) is 17.0 Å². The molecule has 5 heteroatoms. The van der Waals surface area contributed by atoms with Gasteiger partial charge in [0.1, 0.15) is 5.75 Å². The van der Waals surface area contributed by atoms with Gasteiger partial charge in [-0.1, -0.05) is 61.5 Å². The highest BCUT2D eigenvalue weighted by Gasteiger charge is 2.09. The minimum absolute atomic E-state index is 0.0571. The Morgan fingerprint density at radius 3 is 2.61 bits per heavy atom. The number of aryl methyl sites for hydroxylation is 1. The quantitative estimate of drug-likeness (QED) is 0.472. The number of thiazole rings is 1. The molecule has 140 valence electrons. The van der Waals surface area contributed by atoms with Crippen LogP contribution in [0.5, 0.6) is 5.75 Å². The highest BCUT2D eigenvalue weighted by atomic mass is 32.1. The first-order valence-electron chi connectivity index (χ1n) is 9.17. The minimum Gasteiger partial charge on any atom is -0.484 e. The molecule has 0 saturated heterocycles. The molecule has 0 aliphatic rings. The third-order valence-corrected chi connectivity index (χ3v) is 5.26. The largest absolute Gasteiger partial charge is 0.484 e. The smallest absolute Gasteiger partial charge is 0.264 e. The lowest BCUT2D eigenvalue weighted by atomic mass is 10.1. The predicted octanol–water partition coefficient (Wildman–Crippen LogP) is 5.54. The lowest BCUT2D eigenvalue weighted by molar-refractivity contribution is -0.118. The van der Waals surface area contributed by atoms with E-state index in [1.807, 2.05) is 47.8 Å². The Bertz CT molecular complexity index is 1100. The molecule has 0 radical (unpaired) electrons. The van der Waals surface area contributed by atoms with Crippen LogP contribution in [0.15, 0.2) is 72.1 Å². The Morgan fingerprint density at radius 2 is 1.82 bits per heavy atom. The summed E-state index contributed by atoms with van der Waals surface area (Å²) in [7, 11) is 0. The summed E-state index contributed by atoms with van der Waals surface area (Å²) in [6, 6.07) is 22.2. The number of carbonyl (C=O) groups excluding carboxylic acids is 1. The zero-order chi connectivity index (χ0) is 19.3. The van der Waals surface area contributed by atoms with Crippen LogP contribution in [-0.2, 0) is 11.2 Å². The Balaban J connectivity index is 1.36. The Kier molecular flexibility index (Phi) is 5.35. The lowest BCUT2D eigenvalue weighted by Crippen LogP contribution is -2.20. The number of ether oxygens (including phenoxy) is 1. The first-order chi connectivity index (χ1) is 13.7. The second kappa shape index (κ2) is 8.23. The van der Waals surface area contributed by atoms with E-state index in [9.17, 15) is 4.79 Å². The van der Waals surface area contributed by atoms with E-state index in [1.54, 1.807) is 0 Å². The van der Waals surface area contributed by atoms with Gasteiger partial charge in [0.25, 0.3) is 5.91 Å². The molecule has 0 unspecified atom stereocenters. The second-order valence-electron chi connectivity index (χ2n) is 6.43. The minimum atomic E-state index is -0.226. The normalized spacial score (nSPS) is 10.8. The first kappa shape index (κ1) is 18.2. The van der Waals surface area contributed by atoms with Gasteiger partial charge in [-0.3, -0.25) is 10.1 Å². The molecule has 4 nitrogen and oxygen atoms in total. The number of anilines is 1. The molecule has 0 fully saturated rings. The fourth-order valence-corrected chi connectivity index (χ4v) is 3.67. The SMILES string of the molecule is CCc1ccc(-c2csc(NC(=O)COc3ccc4ccccc4c3)n2)cc1. The number of hydrogen-bond donors (Lipinski definition) is 1. The van der Waals surface area contributed by atoms with Crippen molar-refractivity contribution in [2.45, 2.75) is 13.3 Å². The van der Waals surface area contributed by atoms with E-state index >= 15 is 0 Å². The summed E-state index contributed by atoms with van der Waals surface area (Å²) in [6.07, 6.45) is 1.01. The summed E-state index contributed by atoms with van der Waals surface area (Å²) in [5, 5.41) is 7.54. The molecule has 3 aromatic carbocycles. The maximum absolute atomic E-state index is 12.2. The number of rotatable bonds is 6. The van der Waals surface area contributed by atoms with Crippen molar-refractivity contribution in [1.29, 1.82) is 0 Å². The van der Waals surface area contributed by atoms with Crippen LogP contribution in [0, 0.1) is 0 Å². The summed E-state index contributed by atoms with van der Waals surface area (Å²) < 4.78 is 5.63. The van der Waals surface area contributed by atoms with E-state index in [0.29, 0.717) is 10.9 Å². The van der Waals surface area contributed by atoms with E-state index < -0.39 is 0 Å². The van der Waals surface area contributed by atoms with Crippen molar-refractivity contribution in [3.05, 3.63) is 77.7 Å². The van der Waals surface area contributed by atoms with Crippen molar-refractivity contribution in [2.75, 3.05) is 11.9 Å². The number of nitrogens with zero attached hydrogens (tertiary/aromatic N) is 1. The van der Waals surface area contributed by atoms with Crippen molar-refractivity contribution in [2.24, 2.45) is 0 Å². The molecule has 28 heavy (non-hydrogen) atoms. The molecule has 0 atom stereocenters. The van der Waals surface area contributed by atoms with E-state index in [1.165, 1.54) is 16.9 Å². The molecule has 0 aliphatic carbocycles. The summed E-state index contributed by atoms with van der Waals surface area (Å²) in [4.78, 5) is 16.7. The van der Waals surface area contributed by atoms with E-state index in [-0.39, 0.29) is 12.5 Å². The molecule has 1 amide bonds. The number of nitrogens with one attached hydrogen (secondary N) is 1. The van der Waals surface area contributed by atoms with Gasteiger partial charge in [0, 0.05) is 10.9 Å². The average Bonchev–Trinajstić information content (AvgIpc) is 3.20. The van der Waals surface area contributed by atoms with Gasteiger partial charge in [-0.25, -0.2) is 4.98 Å². The summed E-state index contributed by atoms with van der Waals surface area (Å²) in [5.74, 6) is 0.445. The van der Waals surface area contributed by atoms with Crippen molar-refractivity contribution in [1.82, 2.24) is 4.98 Å². The highest BCUT2D eigenvalue weighted by molar-refractivity contribution is 7.14. The molecule has 1 aromatic heterocycles. The molecule has 1 N–H and O–H groups in total. The van der Waals surface area contributed by atoms with Gasteiger partial charge >= 0.3 is 0 Å². The lowest BCUT2D eigenvalue weighted by Gasteiger charge is -2.07.